The highest BCUT2D eigenvalue weighted by Crippen LogP contribution is 2.35. The minimum absolute atomic E-state index is 0.195. The van der Waals surface area contributed by atoms with Gasteiger partial charge in [0.25, 0.3) is 0 Å². The molecule has 0 aliphatic carbocycles. The Morgan fingerprint density at radius 2 is 1.60 bits per heavy atom. The van der Waals surface area contributed by atoms with E-state index in [0.717, 1.165) is 11.1 Å². The Balaban J connectivity index is 2.61. The van der Waals surface area contributed by atoms with E-state index in [9.17, 15) is 27.6 Å². The average molecular weight is 426 g/mol. The van der Waals surface area contributed by atoms with Crippen molar-refractivity contribution in [1.82, 2.24) is 9.78 Å². The number of carbonyl (C=O) groups excluding carboxylic acids is 3. The fourth-order valence-corrected chi connectivity index (χ4v) is 2.74. The first-order valence-corrected chi connectivity index (χ1v) is 9.13. The van der Waals surface area contributed by atoms with Crippen LogP contribution in [0.25, 0.3) is 0 Å². The van der Waals surface area contributed by atoms with Crippen LogP contribution in [0.2, 0.25) is 0 Å². The quantitative estimate of drug-likeness (QED) is 0.495. The van der Waals surface area contributed by atoms with Gasteiger partial charge in [0.2, 0.25) is 0 Å². The first-order valence-electron chi connectivity index (χ1n) is 9.13. The third-order valence-electron chi connectivity index (χ3n) is 4.30. The molecular weight excluding hydrogens is 405 g/mol. The number of nitrogens with zero attached hydrogens (tertiary/aromatic N) is 2. The molecule has 2 rings (SSSR count). The number of carbonyl (C=O) groups is 3. The van der Waals surface area contributed by atoms with Crippen LogP contribution in [0.4, 0.5) is 13.2 Å². The van der Waals surface area contributed by atoms with Crippen LogP contribution in [0.5, 0.6) is 0 Å². The summed E-state index contributed by atoms with van der Waals surface area (Å²) in [7, 11) is 0. The Morgan fingerprint density at radius 1 is 1.00 bits per heavy atom. The molecule has 0 aliphatic rings. The summed E-state index contributed by atoms with van der Waals surface area (Å²) < 4.78 is 51.1. The van der Waals surface area contributed by atoms with Crippen LogP contribution < -0.4 is 0 Å². The fraction of sp³-hybridized carbons (Fsp3) is 0.400. The summed E-state index contributed by atoms with van der Waals surface area (Å²) in [5, 5.41) is 3.60. The summed E-state index contributed by atoms with van der Waals surface area (Å²) in [5.74, 6) is -3.29. The lowest BCUT2D eigenvalue weighted by Crippen LogP contribution is -2.22. The summed E-state index contributed by atoms with van der Waals surface area (Å²) in [6, 6.07) is 4.81. The van der Waals surface area contributed by atoms with E-state index in [0.29, 0.717) is 4.68 Å². The number of rotatable bonds is 7. The molecule has 0 radical (unpaired) electrons. The minimum Gasteiger partial charge on any atom is -0.461 e. The van der Waals surface area contributed by atoms with Gasteiger partial charge in [0.1, 0.15) is 12.1 Å². The molecule has 0 N–H and O–H groups in total. The van der Waals surface area contributed by atoms with Crippen LogP contribution in [0.3, 0.4) is 0 Å². The van der Waals surface area contributed by atoms with Crippen molar-refractivity contribution in [2.75, 3.05) is 13.2 Å². The van der Waals surface area contributed by atoms with Crippen molar-refractivity contribution in [1.29, 1.82) is 0 Å². The predicted molar refractivity (Wildman–Crippen MR) is 99.4 cm³/mol. The summed E-state index contributed by atoms with van der Waals surface area (Å²) >= 11 is 0. The van der Waals surface area contributed by atoms with Crippen molar-refractivity contribution >= 4 is 17.7 Å². The Hall–Kier alpha value is -3.17. The number of aromatic nitrogens is 2. The van der Waals surface area contributed by atoms with Gasteiger partial charge in [0.05, 0.1) is 13.2 Å². The summed E-state index contributed by atoms with van der Waals surface area (Å²) in [6.07, 6.45) is -5.11. The molecule has 0 saturated heterocycles. The van der Waals surface area contributed by atoms with E-state index >= 15 is 0 Å². The highest BCUT2D eigenvalue weighted by Gasteiger charge is 2.45. The van der Waals surface area contributed by atoms with Crippen LogP contribution in [0, 0.1) is 13.8 Å². The molecule has 7 nitrogen and oxygen atoms in total. The van der Waals surface area contributed by atoms with Crippen LogP contribution in [0.15, 0.2) is 18.2 Å². The van der Waals surface area contributed by atoms with E-state index in [4.69, 9.17) is 4.74 Å². The molecule has 162 valence electrons. The fourth-order valence-electron chi connectivity index (χ4n) is 2.74. The second-order valence-corrected chi connectivity index (χ2v) is 6.39. The molecule has 0 bridgehead atoms. The molecule has 2 aromatic rings. The zero-order chi connectivity index (χ0) is 22.6. The number of Topliss-reactive ketones (excluding diaryl/α,β-unsaturated/α-hetero) is 1. The van der Waals surface area contributed by atoms with Gasteiger partial charge in [-0.1, -0.05) is 12.1 Å². The van der Waals surface area contributed by atoms with Gasteiger partial charge in [-0.2, -0.15) is 18.3 Å². The number of hydrogen-bond acceptors (Lipinski definition) is 6. The van der Waals surface area contributed by atoms with Crippen molar-refractivity contribution in [3.63, 3.8) is 0 Å². The van der Waals surface area contributed by atoms with Gasteiger partial charge >= 0.3 is 18.1 Å². The van der Waals surface area contributed by atoms with Crippen molar-refractivity contribution in [3.05, 3.63) is 51.8 Å². The van der Waals surface area contributed by atoms with Gasteiger partial charge in [-0.05, 0) is 44.9 Å². The third kappa shape index (κ3) is 4.87. The minimum atomic E-state index is -5.11. The smallest absolute Gasteiger partial charge is 0.421 e. The number of halogens is 3. The van der Waals surface area contributed by atoms with Crippen molar-refractivity contribution < 1.29 is 37.0 Å². The van der Waals surface area contributed by atoms with Crippen molar-refractivity contribution in [2.24, 2.45) is 0 Å². The molecule has 0 aliphatic heterocycles. The maximum absolute atomic E-state index is 13.7. The highest BCUT2D eigenvalue weighted by molar-refractivity contribution is 5.99. The summed E-state index contributed by atoms with van der Waals surface area (Å²) in [5.41, 5.74) is -1.73. The van der Waals surface area contributed by atoms with Crippen molar-refractivity contribution in [2.45, 2.75) is 40.4 Å². The van der Waals surface area contributed by atoms with Gasteiger partial charge in [0, 0.05) is 5.56 Å². The molecule has 0 fully saturated rings. The third-order valence-corrected chi connectivity index (χ3v) is 4.30. The molecule has 1 heterocycles. The lowest BCUT2D eigenvalue weighted by atomic mass is 10.0. The van der Waals surface area contributed by atoms with Gasteiger partial charge in [-0.15, -0.1) is 0 Å². The van der Waals surface area contributed by atoms with Gasteiger partial charge < -0.3 is 9.47 Å². The zero-order valence-corrected chi connectivity index (χ0v) is 16.9. The number of hydrogen-bond donors (Lipinski definition) is 0. The van der Waals surface area contributed by atoms with E-state index in [2.05, 4.69) is 9.84 Å². The molecule has 1 aromatic heterocycles. The molecule has 0 amide bonds. The normalized spacial score (nSPS) is 11.3. The van der Waals surface area contributed by atoms with Crippen LogP contribution in [-0.4, -0.2) is 40.7 Å². The lowest BCUT2D eigenvalue weighted by molar-refractivity contribution is -0.138. The SMILES string of the molecule is CCOC(=O)c1nn(CC(=O)c2ccc(C)c(C)c2)c(C(=O)OCC)c1C(F)(F)F. The Kier molecular flexibility index (Phi) is 7.01. The maximum atomic E-state index is 13.7. The predicted octanol–water partition coefficient (Wildman–Crippen LogP) is 3.76. The molecule has 30 heavy (non-hydrogen) atoms. The van der Waals surface area contributed by atoms with Gasteiger partial charge in [-0.25, -0.2) is 14.3 Å². The second-order valence-electron chi connectivity index (χ2n) is 6.39. The molecule has 0 saturated carbocycles. The van der Waals surface area contributed by atoms with Gasteiger partial charge in [0.15, 0.2) is 17.2 Å². The molecule has 0 unspecified atom stereocenters. The zero-order valence-electron chi connectivity index (χ0n) is 16.9. The number of ether oxygens (including phenoxy) is 2. The summed E-state index contributed by atoms with van der Waals surface area (Å²) in [4.78, 5) is 37.0. The first kappa shape index (κ1) is 23.1. The van der Waals surface area contributed by atoms with Crippen molar-refractivity contribution in [3.8, 4) is 0 Å². The molecular formula is C20H21F3N2O5. The average Bonchev–Trinajstić information content (AvgIpc) is 3.04. The van der Waals surface area contributed by atoms with E-state index in [-0.39, 0.29) is 18.8 Å². The van der Waals surface area contributed by atoms with Crippen LogP contribution in [-0.2, 0) is 22.2 Å². The van der Waals surface area contributed by atoms with E-state index in [1.807, 2.05) is 6.92 Å². The van der Waals surface area contributed by atoms with Crippen LogP contribution >= 0.6 is 0 Å². The largest absolute Gasteiger partial charge is 0.461 e. The topological polar surface area (TPSA) is 87.5 Å². The number of aryl methyl sites for hydroxylation is 2. The number of esters is 2. The highest BCUT2D eigenvalue weighted by atomic mass is 19.4. The molecule has 1 aromatic carbocycles. The van der Waals surface area contributed by atoms with Crippen LogP contribution in [0.1, 0.15) is 61.9 Å². The number of benzene rings is 1. The standard InChI is InChI=1S/C20H21F3N2O5/c1-5-29-18(27)16-15(20(21,22)23)17(19(28)30-6-2)25(24-16)10-14(26)13-8-7-11(3)12(4)9-13/h7-9H,5-6,10H2,1-4H3. The summed E-state index contributed by atoms with van der Waals surface area (Å²) in [6.45, 7) is 5.36. The Bertz CT molecular complexity index is 980. The Labute approximate surface area is 170 Å². The molecule has 10 heteroatoms. The lowest BCUT2D eigenvalue weighted by Gasteiger charge is -2.11. The Morgan fingerprint density at radius 3 is 2.13 bits per heavy atom. The molecule has 0 atom stereocenters. The van der Waals surface area contributed by atoms with E-state index in [1.54, 1.807) is 19.1 Å². The van der Waals surface area contributed by atoms with E-state index < -0.39 is 47.4 Å². The number of ketones is 1. The maximum Gasteiger partial charge on any atom is 0.421 e. The number of alkyl halides is 3. The first-order chi connectivity index (χ1) is 14.0. The van der Waals surface area contributed by atoms with E-state index in [1.165, 1.54) is 19.9 Å². The van der Waals surface area contributed by atoms with Gasteiger partial charge in [-0.3, -0.25) is 4.79 Å². The monoisotopic (exact) mass is 426 g/mol. The second kappa shape index (κ2) is 9.10. The molecule has 0 spiro atoms.